The minimum Gasteiger partial charge on any atom is -0.383 e. The van der Waals surface area contributed by atoms with Crippen molar-refractivity contribution in [2.24, 2.45) is 0 Å². The molecule has 0 atom stereocenters. The first-order chi connectivity index (χ1) is 5.16. The van der Waals surface area contributed by atoms with E-state index in [2.05, 4.69) is 4.98 Å². The van der Waals surface area contributed by atoms with Crippen LogP contribution in [0.5, 0.6) is 0 Å². The van der Waals surface area contributed by atoms with Crippen LogP contribution >= 0.6 is 0 Å². The Morgan fingerprint density at radius 2 is 2.18 bits per heavy atom. The predicted octanol–water partition coefficient (Wildman–Crippen LogP) is 1.15. The van der Waals surface area contributed by atoms with Crippen molar-refractivity contribution in [2.45, 2.75) is 13.8 Å². The molecule has 0 radical (unpaired) electrons. The summed E-state index contributed by atoms with van der Waals surface area (Å²) in [6.07, 6.45) is 1.67. The van der Waals surface area contributed by atoms with Gasteiger partial charge in [-0.25, -0.2) is 4.98 Å². The zero-order valence-electron chi connectivity index (χ0n) is 6.55. The van der Waals surface area contributed by atoms with Gasteiger partial charge in [-0.05, 0) is 25.0 Å². The first-order valence-corrected chi connectivity index (χ1v) is 3.28. The van der Waals surface area contributed by atoms with Crippen molar-refractivity contribution >= 4 is 5.82 Å². The summed E-state index contributed by atoms with van der Waals surface area (Å²) in [6, 6.07) is 2.02. The maximum atomic E-state index is 8.65. The highest BCUT2D eigenvalue weighted by Crippen LogP contribution is 2.15. The van der Waals surface area contributed by atoms with Crippen LogP contribution in [0.4, 0.5) is 5.82 Å². The molecule has 0 aliphatic rings. The molecule has 1 rings (SSSR count). The summed E-state index contributed by atoms with van der Waals surface area (Å²) in [5.74, 6) is 0.315. The molecule has 1 aromatic heterocycles. The number of hydrogen-bond donors (Lipinski definition) is 1. The highest BCUT2D eigenvalue weighted by Gasteiger charge is 2.04. The van der Waals surface area contributed by atoms with Crippen LogP contribution in [-0.4, -0.2) is 4.98 Å². The molecule has 3 nitrogen and oxygen atoms in total. The number of anilines is 1. The summed E-state index contributed by atoms with van der Waals surface area (Å²) >= 11 is 0. The molecule has 0 saturated heterocycles. The molecular formula is C8H9N3. The average molecular weight is 147 g/mol. The number of nitrogens with two attached hydrogens (primary N) is 1. The van der Waals surface area contributed by atoms with Gasteiger partial charge in [-0.1, -0.05) is 0 Å². The van der Waals surface area contributed by atoms with Gasteiger partial charge >= 0.3 is 0 Å². The monoisotopic (exact) mass is 147 g/mol. The number of nitrogens with zero attached hydrogens (tertiary/aromatic N) is 2. The van der Waals surface area contributed by atoms with E-state index in [0.29, 0.717) is 11.4 Å². The Labute approximate surface area is 65.5 Å². The second-order valence-electron chi connectivity index (χ2n) is 2.44. The molecule has 2 N–H and O–H groups in total. The second-order valence-corrected chi connectivity index (χ2v) is 2.44. The quantitative estimate of drug-likeness (QED) is 0.598. The van der Waals surface area contributed by atoms with E-state index in [4.69, 9.17) is 11.0 Å². The third-order valence-corrected chi connectivity index (χ3v) is 1.73. The fourth-order valence-electron chi connectivity index (χ4n) is 0.858. The zero-order valence-corrected chi connectivity index (χ0v) is 6.55. The Morgan fingerprint density at radius 3 is 2.64 bits per heavy atom. The smallest absolute Gasteiger partial charge is 0.141 e. The molecule has 1 aromatic rings. The van der Waals surface area contributed by atoms with Crippen molar-refractivity contribution in [1.29, 1.82) is 5.26 Å². The van der Waals surface area contributed by atoms with Crippen LogP contribution in [0.3, 0.4) is 0 Å². The van der Waals surface area contributed by atoms with Crippen LogP contribution in [0, 0.1) is 25.2 Å². The molecule has 0 fully saturated rings. The van der Waals surface area contributed by atoms with Gasteiger partial charge < -0.3 is 5.73 Å². The van der Waals surface area contributed by atoms with Crippen LogP contribution in [0.1, 0.15) is 16.7 Å². The van der Waals surface area contributed by atoms with Crippen LogP contribution in [0.2, 0.25) is 0 Å². The molecule has 0 saturated carbocycles. The van der Waals surface area contributed by atoms with Gasteiger partial charge in [-0.3, -0.25) is 0 Å². The second kappa shape index (κ2) is 2.59. The van der Waals surface area contributed by atoms with Crippen molar-refractivity contribution in [3.63, 3.8) is 0 Å². The lowest BCUT2D eigenvalue weighted by Gasteiger charge is -2.02. The van der Waals surface area contributed by atoms with E-state index in [1.807, 2.05) is 19.9 Å². The number of rotatable bonds is 0. The van der Waals surface area contributed by atoms with E-state index in [9.17, 15) is 0 Å². The summed E-state index contributed by atoms with van der Waals surface area (Å²) in [4.78, 5) is 3.87. The Kier molecular flexibility index (Phi) is 1.77. The number of pyridine rings is 1. The third kappa shape index (κ3) is 1.15. The lowest BCUT2D eigenvalue weighted by Crippen LogP contribution is -1.98. The third-order valence-electron chi connectivity index (χ3n) is 1.73. The fraction of sp³-hybridized carbons (Fsp3) is 0.250. The van der Waals surface area contributed by atoms with Gasteiger partial charge in [0.25, 0.3) is 0 Å². The summed E-state index contributed by atoms with van der Waals surface area (Å²) < 4.78 is 0. The zero-order chi connectivity index (χ0) is 8.43. The van der Waals surface area contributed by atoms with Crippen molar-refractivity contribution < 1.29 is 0 Å². The van der Waals surface area contributed by atoms with E-state index in [1.165, 1.54) is 0 Å². The Balaban J connectivity index is 3.44. The van der Waals surface area contributed by atoms with Gasteiger partial charge in [0.15, 0.2) is 0 Å². The summed E-state index contributed by atoms with van der Waals surface area (Å²) in [5, 5.41) is 8.65. The molecule has 0 aliphatic carbocycles. The molecule has 0 spiro atoms. The lowest BCUT2D eigenvalue weighted by molar-refractivity contribution is 1.20. The van der Waals surface area contributed by atoms with Crippen LogP contribution in [0.15, 0.2) is 6.20 Å². The van der Waals surface area contributed by atoms with Crippen LogP contribution < -0.4 is 5.73 Å². The van der Waals surface area contributed by atoms with Crippen molar-refractivity contribution in [3.8, 4) is 6.07 Å². The Bertz CT molecular complexity index is 323. The SMILES string of the molecule is Cc1cnc(N)c(C#N)c1C. The summed E-state index contributed by atoms with van der Waals surface area (Å²) in [7, 11) is 0. The normalized spacial score (nSPS) is 9.18. The highest BCUT2D eigenvalue weighted by atomic mass is 14.8. The standard InChI is InChI=1S/C8H9N3/c1-5-4-11-8(10)7(3-9)6(5)2/h4H,1-2H3,(H2,10,11). The number of nitriles is 1. The van der Waals surface area contributed by atoms with Crippen LogP contribution in [0.25, 0.3) is 0 Å². The molecule has 11 heavy (non-hydrogen) atoms. The first kappa shape index (κ1) is 7.55. The van der Waals surface area contributed by atoms with E-state index in [1.54, 1.807) is 6.20 Å². The van der Waals surface area contributed by atoms with E-state index < -0.39 is 0 Å². The lowest BCUT2D eigenvalue weighted by atomic mass is 10.1. The van der Waals surface area contributed by atoms with Crippen molar-refractivity contribution in [1.82, 2.24) is 4.98 Å². The van der Waals surface area contributed by atoms with Gasteiger partial charge in [-0.2, -0.15) is 5.26 Å². The van der Waals surface area contributed by atoms with Crippen molar-refractivity contribution in [2.75, 3.05) is 5.73 Å². The largest absolute Gasteiger partial charge is 0.383 e. The summed E-state index contributed by atoms with van der Waals surface area (Å²) in [5.41, 5.74) is 7.87. The number of hydrogen-bond acceptors (Lipinski definition) is 3. The first-order valence-electron chi connectivity index (χ1n) is 3.28. The van der Waals surface area contributed by atoms with E-state index in [-0.39, 0.29) is 0 Å². The number of aryl methyl sites for hydroxylation is 1. The van der Waals surface area contributed by atoms with Gasteiger partial charge in [-0.15, -0.1) is 0 Å². The molecule has 0 aliphatic heterocycles. The molecule has 56 valence electrons. The minimum atomic E-state index is 0.315. The van der Waals surface area contributed by atoms with Gasteiger partial charge in [0.2, 0.25) is 0 Å². The molecule has 3 heteroatoms. The van der Waals surface area contributed by atoms with Crippen LogP contribution in [-0.2, 0) is 0 Å². The maximum absolute atomic E-state index is 8.65. The maximum Gasteiger partial charge on any atom is 0.141 e. The molecule has 0 bridgehead atoms. The predicted molar refractivity (Wildman–Crippen MR) is 42.8 cm³/mol. The highest BCUT2D eigenvalue weighted by molar-refractivity contribution is 5.54. The molecule has 0 unspecified atom stereocenters. The summed E-state index contributed by atoms with van der Waals surface area (Å²) in [6.45, 7) is 3.77. The molecule has 0 aromatic carbocycles. The van der Waals surface area contributed by atoms with Gasteiger partial charge in [0, 0.05) is 6.20 Å². The molecular weight excluding hydrogens is 138 g/mol. The van der Waals surface area contributed by atoms with Gasteiger partial charge in [0.05, 0.1) is 5.56 Å². The Morgan fingerprint density at radius 1 is 1.55 bits per heavy atom. The van der Waals surface area contributed by atoms with Gasteiger partial charge in [0.1, 0.15) is 11.9 Å². The topological polar surface area (TPSA) is 62.7 Å². The fourth-order valence-corrected chi connectivity index (χ4v) is 0.858. The molecule has 1 heterocycles. The minimum absolute atomic E-state index is 0.315. The Hall–Kier alpha value is -1.56. The van der Waals surface area contributed by atoms with Crippen molar-refractivity contribution in [3.05, 3.63) is 22.9 Å². The molecule has 0 amide bonds. The average Bonchev–Trinajstić information content (AvgIpc) is 1.99. The van der Waals surface area contributed by atoms with E-state index in [0.717, 1.165) is 11.1 Å². The number of nitrogen functional groups attached to an aromatic ring is 1. The number of aromatic nitrogens is 1. The van der Waals surface area contributed by atoms with E-state index >= 15 is 0 Å².